The molecule has 0 atom stereocenters. The Hall–Kier alpha value is -2.16. The van der Waals surface area contributed by atoms with E-state index in [0.29, 0.717) is 5.82 Å². The Bertz CT molecular complexity index is 506. The fraction of sp³-hybridized carbons (Fsp3) is 0.636. The molecule has 1 aromatic heterocycles. The third-order valence-electron chi connectivity index (χ3n) is 3.31. The van der Waals surface area contributed by atoms with Crippen LogP contribution in [0.4, 0.5) is 11.5 Å². The normalized spacial score (nSPS) is 17.1. The smallest absolute Gasteiger partial charge is 0.330 e. The summed E-state index contributed by atoms with van der Waals surface area (Å²) in [4.78, 5) is 23.3. The number of hydrogen-bond donors (Lipinski definition) is 2. The number of anilines is 1. The van der Waals surface area contributed by atoms with Crippen LogP contribution in [-0.2, 0) is 11.8 Å². The monoisotopic (exact) mass is 282 g/mol. The largest absolute Gasteiger partial charge is 0.369 e. The van der Waals surface area contributed by atoms with Gasteiger partial charge in [0.1, 0.15) is 6.20 Å². The molecule has 1 saturated heterocycles. The predicted octanol–water partition coefficient (Wildman–Crippen LogP) is -0.310. The molecule has 1 aliphatic rings. The summed E-state index contributed by atoms with van der Waals surface area (Å²) < 4.78 is 1.42. The second kappa shape index (κ2) is 5.87. The lowest BCUT2D eigenvalue weighted by atomic mass is 10.1. The van der Waals surface area contributed by atoms with Crippen molar-refractivity contribution in [1.29, 1.82) is 0 Å². The minimum Gasteiger partial charge on any atom is -0.369 e. The van der Waals surface area contributed by atoms with E-state index in [1.807, 2.05) is 4.90 Å². The summed E-state index contributed by atoms with van der Waals surface area (Å²) in [6.45, 7) is 1.74. The molecule has 2 rings (SSSR count). The molecule has 0 unspecified atom stereocenters. The molecule has 0 spiro atoms. The van der Waals surface area contributed by atoms with Gasteiger partial charge in [0, 0.05) is 26.2 Å². The van der Waals surface area contributed by atoms with Gasteiger partial charge in [0.15, 0.2) is 0 Å². The Balaban J connectivity index is 1.92. The number of amides is 1. The van der Waals surface area contributed by atoms with Gasteiger partial charge in [-0.2, -0.15) is 0 Å². The van der Waals surface area contributed by atoms with Crippen LogP contribution in [0.3, 0.4) is 0 Å². The highest BCUT2D eigenvalue weighted by molar-refractivity contribution is 5.75. The van der Waals surface area contributed by atoms with Crippen molar-refractivity contribution in [2.45, 2.75) is 18.9 Å². The van der Waals surface area contributed by atoms with Crippen molar-refractivity contribution in [2.24, 2.45) is 12.8 Å². The predicted molar refractivity (Wildman–Crippen MR) is 72.1 cm³/mol. The number of nitro groups is 1. The molecule has 0 aliphatic carbocycles. The number of hydrogen-bond acceptors (Lipinski definition) is 6. The molecule has 1 fully saturated rings. The third kappa shape index (κ3) is 3.44. The fourth-order valence-corrected chi connectivity index (χ4v) is 2.36. The van der Waals surface area contributed by atoms with Crippen molar-refractivity contribution in [2.75, 3.05) is 25.0 Å². The summed E-state index contributed by atoms with van der Waals surface area (Å²) >= 11 is 0. The highest BCUT2D eigenvalue weighted by atomic mass is 16.6. The van der Waals surface area contributed by atoms with Crippen LogP contribution in [0.1, 0.15) is 12.8 Å². The Morgan fingerprint density at radius 1 is 1.60 bits per heavy atom. The van der Waals surface area contributed by atoms with E-state index >= 15 is 0 Å². The number of piperidine rings is 1. The zero-order chi connectivity index (χ0) is 14.7. The number of nitrogens with zero attached hydrogens (tertiary/aromatic N) is 4. The first-order valence-corrected chi connectivity index (χ1v) is 6.41. The molecular formula is C11H18N6O3. The number of aryl methyl sites for hydroxylation is 1. The van der Waals surface area contributed by atoms with Gasteiger partial charge < -0.3 is 11.1 Å². The van der Waals surface area contributed by atoms with Crippen LogP contribution in [0.15, 0.2) is 6.20 Å². The van der Waals surface area contributed by atoms with E-state index in [4.69, 9.17) is 5.73 Å². The van der Waals surface area contributed by atoms with Crippen LogP contribution < -0.4 is 11.1 Å². The number of carbonyl (C=O) groups excluding carboxylic acids is 1. The van der Waals surface area contributed by atoms with Crippen LogP contribution in [0.2, 0.25) is 0 Å². The standard InChI is InChI=1S/C11H18N6O3/c1-15-6-9(17(19)20)11(14-15)13-8-2-4-16(5-3-8)7-10(12)18/h6,8H,2-5,7H2,1H3,(H2,12,18)(H,13,14). The maximum Gasteiger partial charge on any atom is 0.330 e. The van der Waals surface area contributed by atoms with Gasteiger partial charge in [-0.1, -0.05) is 0 Å². The van der Waals surface area contributed by atoms with Gasteiger partial charge >= 0.3 is 5.69 Å². The molecule has 2 heterocycles. The minimum absolute atomic E-state index is 0.0212. The highest BCUT2D eigenvalue weighted by Gasteiger charge is 2.24. The molecule has 9 nitrogen and oxygen atoms in total. The SMILES string of the molecule is Cn1cc([N+](=O)[O-])c(NC2CCN(CC(N)=O)CC2)n1. The van der Waals surface area contributed by atoms with Gasteiger partial charge in [-0.15, -0.1) is 5.10 Å². The molecule has 0 bridgehead atoms. The van der Waals surface area contributed by atoms with E-state index in [1.165, 1.54) is 10.9 Å². The number of nitrogens with one attached hydrogen (secondary N) is 1. The van der Waals surface area contributed by atoms with E-state index in [1.54, 1.807) is 7.05 Å². The average Bonchev–Trinajstić information content (AvgIpc) is 2.72. The van der Waals surface area contributed by atoms with E-state index in [2.05, 4.69) is 10.4 Å². The Morgan fingerprint density at radius 2 is 2.25 bits per heavy atom. The summed E-state index contributed by atoms with van der Waals surface area (Å²) in [5.74, 6) is -0.0392. The lowest BCUT2D eigenvalue weighted by Gasteiger charge is -2.31. The van der Waals surface area contributed by atoms with Gasteiger partial charge in [0.25, 0.3) is 0 Å². The highest BCUT2D eigenvalue weighted by Crippen LogP contribution is 2.24. The Labute approximate surface area is 115 Å². The first-order chi connectivity index (χ1) is 9.45. The molecule has 0 aromatic carbocycles. The number of aromatic nitrogens is 2. The summed E-state index contributed by atoms with van der Waals surface area (Å²) in [7, 11) is 1.65. The molecule has 110 valence electrons. The number of nitrogens with two attached hydrogens (primary N) is 1. The van der Waals surface area contributed by atoms with Gasteiger partial charge in [-0.3, -0.25) is 24.5 Å². The summed E-state index contributed by atoms with van der Waals surface area (Å²) in [6.07, 6.45) is 2.96. The number of primary amides is 1. The topological polar surface area (TPSA) is 119 Å². The van der Waals surface area contributed by atoms with Crippen molar-refractivity contribution >= 4 is 17.4 Å². The Kier molecular flexibility index (Phi) is 4.18. The maximum atomic E-state index is 10.9. The second-order valence-corrected chi connectivity index (χ2v) is 4.95. The zero-order valence-corrected chi connectivity index (χ0v) is 11.3. The molecule has 1 aliphatic heterocycles. The van der Waals surface area contributed by atoms with Crippen molar-refractivity contribution in [1.82, 2.24) is 14.7 Å². The fourth-order valence-electron chi connectivity index (χ4n) is 2.36. The van der Waals surface area contributed by atoms with Crippen molar-refractivity contribution in [3.05, 3.63) is 16.3 Å². The number of likely N-dealkylation sites (tertiary alicyclic amines) is 1. The van der Waals surface area contributed by atoms with Gasteiger partial charge in [0.05, 0.1) is 11.5 Å². The zero-order valence-electron chi connectivity index (χ0n) is 11.3. The molecule has 3 N–H and O–H groups in total. The average molecular weight is 282 g/mol. The first kappa shape index (κ1) is 14.3. The van der Waals surface area contributed by atoms with E-state index in [9.17, 15) is 14.9 Å². The minimum atomic E-state index is -0.447. The molecule has 1 aromatic rings. The first-order valence-electron chi connectivity index (χ1n) is 6.41. The molecule has 1 amide bonds. The molecule has 20 heavy (non-hydrogen) atoms. The number of rotatable bonds is 5. The summed E-state index contributed by atoms with van der Waals surface area (Å²) in [5.41, 5.74) is 5.13. The van der Waals surface area contributed by atoms with Crippen LogP contribution in [0.5, 0.6) is 0 Å². The quantitative estimate of drug-likeness (QED) is 0.564. The third-order valence-corrected chi connectivity index (χ3v) is 3.31. The molecule has 9 heteroatoms. The van der Waals surface area contributed by atoms with Crippen LogP contribution in [-0.4, -0.2) is 51.2 Å². The van der Waals surface area contributed by atoms with E-state index < -0.39 is 4.92 Å². The van der Waals surface area contributed by atoms with Crippen LogP contribution in [0, 0.1) is 10.1 Å². The van der Waals surface area contributed by atoms with E-state index in [0.717, 1.165) is 25.9 Å². The second-order valence-electron chi connectivity index (χ2n) is 4.95. The molecular weight excluding hydrogens is 264 g/mol. The summed E-state index contributed by atoms with van der Waals surface area (Å²) in [6, 6.07) is 0.118. The van der Waals surface area contributed by atoms with Crippen LogP contribution in [0.25, 0.3) is 0 Å². The van der Waals surface area contributed by atoms with Crippen molar-refractivity contribution in [3.63, 3.8) is 0 Å². The lowest BCUT2D eigenvalue weighted by Crippen LogP contribution is -2.43. The van der Waals surface area contributed by atoms with Gasteiger partial charge in [-0.25, -0.2) is 0 Å². The van der Waals surface area contributed by atoms with Crippen molar-refractivity contribution in [3.8, 4) is 0 Å². The Morgan fingerprint density at radius 3 is 2.80 bits per heavy atom. The lowest BCUT2D eigenvalue weighted by molar-refractivity contribution is -0.384. The maximum absolute atomic E-state index is 10.9. The van der Waals surface area contributed by atoms with Gasteiger partial charge in [0.2, 0.25) is 11.7 Å². The van der Waals surface area contributed by atoms with E-state index in [-0.39, 0.29) is 24.2 Å². The summed E-state index contributed by atoms with van der Waals surface area (Å²) in [5, 5.41) is 18.1. The van der Waals surface area contributed by atoms with Crippen molar-refractivity contribution < 1.29 is 9.72 Å². The molecule has 0 radical (unpaired) electrons. The van der Waals surface area contributed by atoms with Gasteiger partial charge in [-0.05, 0) is 12.8 Å². The molecule has 0 saturated carbocycles. The number of carbonyl (C=O) groups is 1. The van der Waals surface area contributed by atoms with Crippen LogP contribution >= 0.6 is 0 Å².